The third-order valence-corrected chi connectivity index (χ3v) is 2.86. The van der Waals surface area contributed by atoms with Gasteiger partial charge >= 0.3 is 0 Å². The molecule has 2 rings (SSSR count). The van der Waals surface area contributed by atoms with Gasteiger partial charge in [-0.2, -0.15) is 5.26 Å². The second-order valence-corrected chi connectivity index (χ2v) is 4.32. The summed E-state index contributed by atoms with van der Waals surface area (Å²) in [6.07, 6.45) is 2.07. The number of hydrogen-bond acceptors (Lipinski definition) is 3. The number of nitriles is 1. The zero-order valence-corrected chi connectivity index (χ0v) is 10.1. The molecular weight excluding hydrogens is 254 g/mol. The molecule has 0 unspecified atom stereocenters. The summed E-state index contributed by atoms with van der Waals surface area (Å²) in [6, 6.07) is 3.60. The molecule has 1 aliphatic carbocycles. The molecule has 1 aromatic carbocycles. The van der Waals surface area contributed by atoms with Crippen molar-refractivity contribution in [2.75, 3.05) is 5.32 Å². The van der Waals surface area contributed by atoms with Crippen LogP contribution in [0, 0.1) is 23.0 Å². The van der Waals surface area contributed by atoms with Crippen molar-refractivity contribution in [1.29, 1.82) is 5.26 Å². The number of halogens is 2. The Bertz CT molecular complexity index is 513. The molecule has 1 saturated carbocycles. The quantitative estimate of drug-likeness (QED) is 0.911. The zero-order chi connectivity index (χ0) is 13.8. The molecule has 0 spiro atoms. The van der Waals surface area contributed by atoms with E-state index in [9.17, 15) is 13.6 Å². The Balaban J connectivity index is 2.11. The highest BCUT2D eigenvalue weighted by molar-refractivity contribution is 5.92. The summed E-state index contributed by atoms with van der Waals surface area (Å²) in [4.78, 5) is 11.1. The summed E-state index contributed by atoms with van der Waals surface area (Å²) < 4.78 is 32.6. The van der Waals surface area contributed by atoms with E-state index in [-0.39, 0.29) is 18.2 Å². The third kappa shape index (κ3) is 3.19. The molecule has 0 atom stereocenters. The van der Waals surface area contributed by atoms with Crippen LogP contribution in [0.15, 0.2) is 12.1 Å². The fourth-order valence-electron chi connectivity index (χ4n) is 1.68. The lowest BCUT2D eigenvalue weighted by atomic mass is 9.96. The van der Waals surface area contributed by atoms with Crippen molar-refractivity contribution < 1.29 is 18.3 Å². The smallest absolute Gasteiger partial charge is 0.238 e. The molecular formula is C13H12F2N2O2. The zero-order valence-electron chi connectivity index (χ0n) is 10.1. The average molecular weight is 266 g/mol. The maximum Gasteiger partial charge on any atom is 0.238 e. The first-order valence-corrected chi connectivity index (χ1v) is 5.92. The van der Waals surface area contributed by atoms with Gasteiger partial charge in [-0.1, -0.05) is 0 Å². The minimum absolute atomic E-state index is 0.0313. The van der Waals surface area contributed by atoms with Crippen molar-refractivity contribution in [2.45, 2.75) is 31.8 Å². The van der Waals surface area contributed by atoms with E-state index >= 15 is 0 Å². The number of nitrogens with one attached hydrogen (secondary N) is 1. The van der Waals surface area contributed by atoms with Gasteiger partial charge in [0.25, 0.3) is 0 Å². The van der Waals surface area contributed by atoms with Crippen molar-refractivity contribution in [3.8, 4) is 11.8 Å². The maximum atomic E-state index is 13.7. The van der Waals surface area contributed by atoms with Crippen LogP contribution in [0.1, 0.15) is 25.7 Å². The molecule has 100 valence electrons. The van der Waals surface area contributed by atoms with Crippen LogP contribution in [-0.2, 0) is 4.79 Å². The second-order valence-electron chi connectivity index (χ2n) is 4.32. The van der Waals surface area contributed by atoms with E-state index in [2.05, 4.69) is 5.32 Å². The van der Waals surface area contributed by atoms with Crippen molar-refractivity contribution in [3.05, 3.63) is 23.8 Å². The van der Waals surface area contributed by atoms with E-state index in [1.165, 1.54) is 0 Å². The van der Waals surface area contributed by atoms with E-state index in [0.717, 1.165) is 31.4 Å². The highest BCUT2D eigenvalue weighted by atomic mass is 19.1. The van der Waals surface area contributed by atoms with Gasteiger partial charge in [0.2, 0.25) is 5.91 Å². The number of rotatable bonds is 4. The van der Waals surface area contributed by atoms with Gasteiger partial charge in [0, 0.05) is 17.8 Å². The number of amides is 1. The molecule has 0 heterocycles. The number of carbonyl (C=O) groups is 1. The van der Waals surface area contributed by atoms with Crippen molar-refractivity contribution >= 4 is 11.6 Å². The summed E-state index contributed by atoms with van der Waals surface area (Å²) in [6.45, 7) is 0. The number of carbonyl (C=O) groups excluding carboxylic acids is 1. The summed E-state index contributed by atoms with van der Waals surface area (Å²) in [7, 11) is 0. The summed E-state index contributed by atoms with van der Waals surface area (Å²) >= 11 is 0. The molecule has 0 radical (unpaired) electrons. The number of anilines is 1. The summed E-state index contributed by atoms with van der Waals surface area (Å²) in [5.41, 5.74) is -0.0313. The molecule has 6 heteroatoms. The summed E-state index contributed by atoms with van der Waals surface area (Å²) in [5.74, 6) is -2.75. The van der Waals surface area contributed by atoms with Gasteiger partial charge in [-0.05, 0) is 19.3 Å². The normalized spacial score (nSPS) is 14.4. The lowest BCUT2D eigenvalue weighted by Gasteiger charge is -2.26. The predicted octanol–water partition coefficient (Wildman–Crippen LogP) is 2.75. The Hall–Kier alpha value is -2.16. The van der Waals surface area contributed by atoms with Gasteiger partial charge in [0.1, 0.15) is 6.42 Å². The van der Waals surface area contributed by atoms with Crippen molar-refractivity contribution in [3.63, 3.8) is 0 Å². The fraction of sp³-hybridized carbons (Fsp3) is 0.385. The Morgan fingerprint density at radius 3 is 2.53 bits per heavy atom. The van der Waals surface area contributed by atoms with E-state index in [1.54, 1.807) is 6.07 Å². The molecule has 1 amide bonds. The SMILES string of the molecule is N#CCC(=O)Nc1cc(F)c(OC2CCC2)c(F)c1. The molecule has 1 aromatic rings. The van der Waals surface area contributed by atoms with Crippen LogP contribution >= 0.6 is 0 Å². The second kappa shape index (κ2) is 5.65. The number of hydrogen-bond donors (Lipinski definition) is 1. The highest BCUT2D eigenvalue weighted by Gasteiger charge is 2.23. The fourth-order valence-corrected chi connectivity index (χ4v) is 1.68. The monoisotopic (exact) mass is 266 g/mol. The average Bonchev–Trinajstić information content (AvgIpc) is 2.25. The molecule has 1 fully saturated rings. The molecule has 1 N–H and O–H groups in total. The van der Waals surface area contributed by atoms with Gasteiger partial charge in [0.15, 0.2) is 17.4 Å². The van der Waals surface area contributed by atoms with Crippen LogP contribution in [-0.4, -0.2) is 12.0 Å². The van der Waals surface area contributed by atoms with Crippen LogP contribution in [0.4, 0.5) is 14.5 Å². The molecule has 0 bridgehead atoms. The van der Waals surface area contributed by atoms with Crippen molar-refractivity contribution in [1.82, 2.24) is 0 Å². The Morgan fingerprint density at radius 1 is 1.42 bits per heavy atom. The first kappa shape index (κ1) is 13.3. The van der Waals surface area contributed by atoms with E-state index in [0.29, 0.717) is 0 Å². The Morgan fingerprint density at radius 2 is 2.05 bits per heavy atom. The largest absolute Gasteiger partial charge is 0.484 e. The number of ether oxygens (including phenoxy) is 1. The van der Waals surface area contributed by atoms with Crippen LogP contribution in [0.2, 0.25) is 0 Å². The van der Waals surface area contributed by atoms with Crippen LogP contribution in [0.3, 0.4) is 0 Å². The van der Waals surface area contributed by atoms with Gasteiger partial charge in [0.05, 0.1) is 12.2 Å². The molecule has 0 aromatic heterocycles. The van der Waals surface area contributed by atoms with E-state index in [4.69, 9.17) is 10.00 Å². The highest BCUT2D eigenvalue weighted by Crippen LogP contribution is 2.31. The van der Waals surface area contributed by atoms with Crippen molar-refractivity contribution in [2.24, 2.45) is 0 Å². The van der Waals surface area contributed by atoms with Crippen LogP contribution in [0.25, 0.3) is 0 Å². The van der Waals surface area contributed by atoms with Gasteiger partial charge < -0.3 is 10.1 Å². The molecule has 4 nitrogen and oxygen atoms in total. The van der Waals surface area contributed by atoms with Gasteiger partial charge in [-0.15, -0.1) is 0 Å². The lowest BCUT2D eigenvalue weighted by Crippen LogP contribution is -2.25. The van der Waals surface area contributed by atoms with Gasteiger partial charge in [-0.25, -0.2) is 8.78 Å². The third-order valence-electron chi connectivity index (χ3n) is 2.86. The maximum absolute atomic E-state index is 13.7. The molecule has 19 heavy (non-hydrogen) atoms. The lowest BCUT2D eigenvalue weighted by molar-refractivity contribution is -0.115. The Labute approximate surface area is 109 Å². The topological polar surface area (TPSA) is 62.1 Å². The van der Waals surface area contributed by atoms with E-state index < -0.39 is 23.3 Å². The number of nitrogens with zero attached hydrogens (tertiary/aromatic N) is 1. The molecule has 1 aliphatic rings. The van der Waals surface area contributed by atoms with E-state index in [1.807, 2.05) is 0 Å². The summed E-state index contributed by atoms with van der Waals surface area (Å²) in [5, 5.41) is 10.6. The standard InChI is InChI=1S/C13H12F2N2O2/c14-10-6-8(17-12(18)4-5-16)7-11(15)13(10)19-9-2-1-3-9/h6-7,9H,1-4H2,(H,17,18). The molecule has 0 aliphatic heterocycles. The van der Waals surface area contributed by atoms with Crippen LogP contribution in [0.5, 0.6) is 5.75 Å². The molecule has 0 saturated heterocycles. The number of benzene rings is 1. The predicted molar refractivity (Wildman–Crippen MR) is 63.5 cm³/mol. The first-order chi connectivity index (χ1) is 9.10. The minimum Gasteiger partial charge on any atom is -0.484 e. The minimum atomic E-state index is -0.862. The van der Waals surface area contributed by atoms with Gasteiger partial charge in [-0.3, -0.25) is 4.79 Å². The first-order valence-electron chi connectivity index (χ1n) is 5.92. The Kier molecular flexibility index (Phi) is 3.95. The van der Waals surface area contributed by atoms with Crippen LogP contribution < -0.4 is 10.1 Å².